The van der Waals surface area contributed by atoms with Gasteiger partial charge in [-0.2, -0.15) is 4.98 Å². The Hall–Kier alpha value is -2.16. The van der Waals surface area contributed by atoms with Gasteiger partial charge in [-0.1, -0.05) is 5.16 Å². The average molecular weight is 297 g/mol. The van der Waals surface area contributed by atoms with Gasteiger partial charge in [-0.05, 0) is 6.42 Å². The summed E-state index contributed by atoms with van der Waals surface area (Å²) in [7, 11) is 0. The highest BCUT2D eigenvalue weighted by Crippen LogP contribution is 2.04. The van der Waals surface area contributed by atoms with E-state index in [1.54, 1.807) is 11.8 Å². The maximum absolute atomic E-state index is 12.1. The third-order valence-corrected chi connectivity index (χ3v) is 3.20. The van der Waals surface area contributed by atoms with E-state index in [2.05, 4.69) is 15.5 Å². The number of aliphatic carboxylic acids is 1. The van der Waals surface area contributed by atoms with E-state index in [4.69, 9.17) is 9.63 Å². The molecule has 2 rings (SSSR count). The van der Waals surface area contributed by atoms with Crippen molar-refractivity contribution in [1.29, 1.82) is 0 Å². The van der Waals surface area contributed by atoms with Crippen LogP contribution in [0.5, 0.6) is 0 Å². The van der Waals surface area contributed by atoms with Gasteiger partial charge in [-0.15, -0.1) is 0 Å². The Balaban J connectivity index is 1.78. The first-order chi connectivity index (χ1) is 10.0. The van der Waals surface area contributed by atoms with Crippen molar-refractivity contribution in [2.45, 2.75) is 19.9 Å². The number of carboxylic acid groups (broad SMARTS) is 1. The van der Waals surface area contributed by atoms with Crippen molar-refractivity contribution in [3.05, 3.63) is 11.7 Å². The Morgan fingerprint density at radius 3 is 2.81 bits per heavy atom. The SMILES string of the molecule is Cc1nc(CNC(=O)N2CCCN(CC(=O)O)CC2)no1. The highest BCUT2D eigenvalue weighted by atomic mass is 16.5. The summed E-state index contributed by atoms with van der Waals surface area (Å²) in [6.07, 6.45) is 0.752. The molecule has 9 nitrogen and oxygen atoms in total. The third-order valence-electron chi connectivity index (χ3n) is 3.20. The molecule has 2 heterocycles. The van der Waals surface area contributed by atoms with Gasteiger partial charge >= 0.3 is 12.0 Å². The van der Waals surface area contributed by atoms with E-state index in [0.29, 0.717) is 37.9 Å². The molecular weight excluding hydrogens is 278 g/mol. The van der Waals surface area contributed by atoms with Crippen LogP contribution in [-0.4, -0.2) is 69.8 Å². The summed E-state index contributed by atoms with van der Waals surface area (Å²) in [5.74, 6) is 0.0434. The van der Waals surface area contributed by atoms with E-state index in [-0.39, 0.29) is 19.1 Å². The van der Waals surface area contributed by atoms with Gasteiger partial charge in [0, 0.05) is 33.1 Å². The van der Waals surface area contributed by atoms with Crippen molar-refractivity contribution in [3.63, 3.8) is 0 Å². The van der Waals surface area contributed by atoms with Gasteiger partial charge in [-0.25, -0.2) is 4.79 Å². The van der Waals surface area contributed by atoms with E-state index in [1.165, 1.54) is 0 Å². The van der Waals surface area contributed by atoms with Crippen molar-refractivity contribution in [1.82, 2.24) is 25.3 Å². The topological polar surface area (TPSA) is 112 Å². The number of hydrogen-bond acceptors (Lipinski definition) is 6. The van der Waals surface area contributed by atoms with Crippen LogP contribution in [0.3, 0.4) is 0 Å². The lowest BCUT2D eigenvalue weighted by molar-refractivity contribution is -0.138. The quantitative estimate of drug-likeness (QED) is 0.783. The maximum Gasteiger partial charge on any atom is 0.317 e. The molecule has 0 aliphatic carbocycles. The summed E-state index contributed by atoms with van der Waals surface area (Å²) in [5.41, 5.74) is 0. The fourth-order valence-corrected chi connectivity index (χ4v) is 2.20. The van der Waals surface area contributed by atoms with E-state index < -0.39 is 5.97 Å². The minimum absolute atomic E-state index is 0.0115. The van der Waals surface area contributed by atoms with E-state index in [0.717, 1.165) is 6.42 Å². The number of carbonyl (C=O) groups is 2. The summed E-state index contributed by atoms with van der Waals surface area (Å²) in [6, 6.07) is -0.199. The molecule has 1 aromatic heterocycles. The molecule has 1 aliphatic heterocycles. The number of amides is 2. The van der Waals surface area contributed by atoms with Crippen molar-refractivity contribution in [3.8, 4) is 0 Å². The van der Waals surface area contributed by atoms with Crippen LogP contribution in [0.4, 0.5) is 4.79 Å². The zero-order valence-corrected chi connectivity index (χ0v) is 11.9. The van der Waals surface area contributed by atoms with Crippen LogP contribution < -0.4 is 5.32 Å². The molecule has 2 amide bonds. The lowest BCUT2D eigenvalue weighted by Crippen LogP contribution is -2.42. The summed E-state index contributed by atoms with van der Waals surface area (Å²) < 4.78 is 4.83. The van der Waals surface area contributed by atoms with Gasteiger partial charge in [0.2, 0.25) is 5.89 Å². The smallest absolute Gasteiger partial charge is 0.317 e. The van der Waals surface area contributed by atoms with Crippen molar-refractivity contribution in [2.75, 3.05) is 32.7 Å². The summed E-state index contributed by atoms with van der Waals surface area (Å²) >= 11 is 0. The molecule has 0 spiro atoms. The average Bonchev–Trinajstić information content (AvgIpc) is 2.70. The van der Waals surface area contributed by atoms with E-state index >= 15 is 0 Å². The molecule has 9 heteroatoms. The van der Waals surface area contributed by atoms with Gasteiger partial charge in [0.1, 0.15) is 0 Å². The molecular formula is C12H19N5O4. The first kappa shape index (κ1) is 15.2. The zero-order chi connectivity index (χ0) is 15.2. The number of rotatable bonds is 4. The number of carbonyl (C=O) groups excluding carboxylic acids is 1. The molecule has 116 valence electrons. The second kappa shape index (κ2) is 7.02. The number of carboxylic acids is 1. The Kier molecular flexibility index (Phi) is 5.09. The second-order valence-corrected chi connectivity index (χ2v) is 4.90. The summed E-state index contributed by atoms with van der Waals surface area (Å²) in [5, 5.41) is 15.2. The molecule has 0 unspecified atom stereocenters. The Morgan fingerprint density at radius 2 is 2.14 bits per heavy atom. The predicted octanol–water partition coefficient (Wildman–Crippen LogP) is -0.320. The molecule has 1 saturated heterocycles. The molecule has 1 fully saturated rings. The Bertz CT molecular complexity index is 504. The van der Waals surface area contributed by atoms with Crippen LogP contribution in [0.15, 0.2) is 4.52 Å². The molecule has 0 bridgehead atoms. The molecule has 21 heavy (non-hydrogen) atoms. The minimum Gasteiger partial charge on any atom is -0.480 e. The molecule has 1 aliphatic rings. The molecule has 2 N–H and O–H groups in total. The second-order valence-electron chi connectivity index (χ2n) is 4.90. The van der Waals surface area contributed by atoms with Crippen LogP contribution in [0.2, 0.25) is 0 Å². The minimum atomic E-state index is -0.847. The Labute approximate surface area is 121 Å². The van der Waals surface area contributed by atoms with Gasteiger partial charge in [0.25, 0.3) is 0 Å². The zero-order valence-electron chi connectivity index (χ0n) is 11.9. The standard InChI is InChI=1S/C12H19N5O4/c1-9-14-10(15-21-9)7-13-12(20)17-4-2-3-16(5-6-17)8-11(18)19/h2-8H2,1H3,(H,13,20)(H,18,19). The van der Waals surface area contributed by atoms with Gasteiger partial charge in [-0.3, -0.25) is 9.69 Å². The summed E-state index contributed by atoms with van der Waals surface area (Å²) in [6.45, 7) is 4.26. The first-order valence-electron chi connectivity index (χ1n) is 6.80. The number of aryl methyl sites for hydroxylation is 1. The van der Waals surface area contributed by atoms with E-state index in [1.807, 2.05) is 4.90 Å². The van der Waals surface area contributed by atoms with Gasteiger partial charge < -0.3 is 19.8 Å². The van der Waals surface area contributed by atoms with Crippen molar-refractivity contribution < 1.29 is 19.2 Å². The maximum atomic E-state index is 12.1. The number of urea groups is 1. The third kappa shape index (κ3) is 4.71. The fourth-order valence-electron chi connectivity index (χ4n) is 2.20. The van der Waals surface area contributed by atoms with Crippen LogP contribution in [0, 0.1) is 6.92 Å². The molecule has 0 radical (unpaired) electrons. The number of hydrogen-bond donors (Lipinski definition) is 2. The highest BCUT2D eigenvalue weighted by Gasteiger charge is 2.20. The van der Waals surface area contributed by atoms with Gasteiger partial charge in [0.15, 0.2) is 5.82 Å². The van der Waals surface area contributed by atoms with Crippen LogP contribution in [0.25, 0.3) is 0 Å². The summed E-state index contributed by atoms with van der Waals surface area (Å²) in [4.78, 5) is 30.3. The normalized spacial score (nSPS) is 16.5. The van der Waals surface area contributed by atoms with Crippen LogP contribution in [-0.2, 0) is 11.3 Å². The molecule has 0 aromatic carbocycles. The number of nitrogens with one attached hydrogen (secondary N) is 1. The van der Waals surface area contributed by atoms with Crippen molar-refractivity contribution >= 4 is 12.0 Å². The van der Waals surface area contributed by atoms with Crippen LogP contribution in [0.1, 0.15) is 18.1 Å². The molecule has 0 atom stereocenters. The fraction of sp³-hybridized carbons (Fsp3) is 0.667. The monoisotopic (exact) mass is 297 g/mol. The lowest BCUT2D eigenvalue weighted by atomic mass is 10.4. The molecule has 1 aromatic rings. The van der Waals surface area contributed by atoms with E-state index in [9.17, 15) is 9.59 Å². The van der Waals surface area contributed by atoms with Gasteiger partial charge in [0.05, 0.1) is 13.1 Å². The lowest BCUT2D eigenvalue weighted by Gasteiger charge is -2.21. The largest absolute Gasteiger partial charge is 0.480 e. The highest BCUT2D eigenvalue weighted by molar-refractivity contribution is 5.74. The van der Waals surface area contributed by atoms with Crippen LogP contribution >= 0.6 is 0 Å². The Morgan fingerprint density at radius 1 is 1.33 bits per heavy atom. The predicted molar refractivity (Wildman–Crippen MR) is 71.5 cm³/mol. The number of aromatic nitrogens is 2. The first-order valence-corrected chi connectivity index (χ1v) is 6.80. The molecule has 0 saturated carbocycles. The number of nitrogens with zero attached hydrogens (tertiary/aromatic N) is 4. The van der Waals surface area contributed by atoms with Crippen molar-refractivity contribution in [2.24, 2.45) is 0 Å².